The molecule has 0 radical (unpaired) electrons. The number of nitrogens with zero attached hydrogens (tertiary/aromatic N) is 3. The van der Waals surface area contributed by atoms with Crippen LogP contribution in [-0.4, -0.2) is 34.9 Å². The van der Waals surface area contributed by atoms with E-state index in [-0.39, 0.29) is 18.0 Å². The van der Waals surface area contributed by atoms with Gasteiger partial charge in [-0.1, -0.05) is 12.1 Å². The van der Waals surface area contributed by atoms with E-state index in [2.05, 4.69) is 23.4 Å². The fraction of sp³-hybridized carbons (Fsp3) is 0.474. The third kappa shape index (κ3) is 4.02. The highest BCUT2D eigenvalue weighted by atomic mass is 16.5. The Kier molecular flexibility index (Phi) is 5.38. The SMILES string of the molecule is CCOc1cccc([C@@H](C)N[C@@H]2CCCN(c3cnn(C)c3)C2=O)c1. The van der Waals surface area contributed by atoms with Crippen LogP contribution < -0.4 is 15.0 Å². The van der Waals surface area contributed by atoms with Crippen LogP contribution in [0, 0.1) is 0 Å². The summed E-state index contributed by atoms with van der Waals surface area (Å²) in [6.07, 6.45) is 5.46. The molecule has 2 heterocycles. The Morgan fingerprint density at radius 3 is 3.00 bits per heavy atom. The molecule has 134 valence electrons. The van der Waals surface area contributed by atoms with E-state index in [4.69, 9.17) is 4.74 Å². The zero-order valence-corrected chi connectivity index (χ0v) is 15.1. The summed E-state index contributed by atoms with van der Waals surface area (Å²) in [6.45, 7) is 5.45. The Labute approximate surface area is 148 Å². The maximum Gasteiger partial charge on any atom is 0.244 e. The highest BCUT2D eigenvalue weighted by Gasteiger charge is 2.31. The van der Waals surface area contributed by atoms with Gasteiger partial charge in [0.2, 0.25) is 5.91 Å². The first-order chi connectivity index (χ1) is 12.1. The van der Waals surface area contributed by atoms with Gasteiger partial charge in [-0.25, -0.2) is 0 Å². The largest absolute Gasteiger partial charge is 0.494 e. The average Bonchev–Trinajstić information content (AvgIpc) is 3.03. The summed E-state index contributed by atoms with van der Waals surface area (Å²) in [5.74, 6) is 0.979. The van der Waals surface area contributed by atoms with E-state index in [0.717, 1.165) is 36.4 Å². The molecular weight excluding hydrogens is 316 g/mol. The smallest absolute Gasteiger partial charge is 0.244 e. The first-order valence-corrected chi connectivity index (χ1v) is 8.87. The number of hydrogen-bond donors (Lipinski definition) is 1. The van der Waals surface area contributed by atoms with Crippen LogP contribution in [0.5, 0.6) is 5.75 Å². The van der Waals surface area contributed by atoms with Crippen LogP contribution in [0.3, 0.4) is 0 Å². The highest BCUT2D eigenvalue weighted by molar-refractivity contribution is 5.97. The first-order valence-electron chi connectivity index (χ1n) is 8.87. The van der Waals surface area contributed by atoms with E-state index < -0.39 is 0 Å². The molecule has 1 amide bonds. The molecule has 25 heavy (non-hydrogen) atoms. The number of aromatic nitrogens is 2. The van der Waals surface area contributed by atoms with Crippen molar-refractivity contribution in [3.63, 3.8) is 0 Å². The fourth-order valence-electron chi connectivity index (χ4n) is 3.27. The molecule has 6 nitrogen and oxygen atoms in total. The van der Waals surface area contributed by atoms with Crippen molar-refractivity contribution in [1.29, 1.82) is 0 Å². The van der Waals surface area contributed by atoms with Crippen molar-refractivity contribution >= 4 is 11.6 Å². The van der Waals surface area contributed by atoms with E-state index in [1.165, 1.54) is 0 Å². The normalized spacial score (nSPS) is 19.1. The number of ether oxygens (including phenoxy) is 1. The van der Waals surface area contributed by atoms with E-state index in [1.807, 2.05) is 43.3 Å². The molecule has 1 saturated heterocycles. The van der Waals surface area contributed by atoms with Crippen molar-refractivity contribution in [2.45, 2.75) is 38.8 Å². The maximum atomic E-state index is 12.9. The monoisotopic (exact) mass is 342 g/mol. The Morgan fingerprint density at radius 2 is 2.28 bits per heavy atom. The molecule has 0 spiro atoms. The number of anilines is 1. The molecule has 1 fully saturated rings. The van der Waals surface area contributed by atoms with Gasteiger partial charge in [0.25, 0.3) is 0 Å². The lowest BCUT2D eigenvalue weighted by atomic mass is 10.0. The second-order valence-electron chi connectivity index (χ2n) is 6.45. The van der Waals surface area contributed by atoms with E-state index in [9.17, 15) is 4.79 Å². The zero-order valence-electron chi connectivity index (χ0n) is 15.1. The molecule has 0 saturated carbocycles. The summed E-state index contributed by atoms with van der Waals surface area (Å²) in [7, 11) is 1.86. The van der Waals surface area contributed by atoms with Gasteiger partial charge in [-0.15, -0.1) is 0 Å². The van der Waals surface area contributed by atoms with Gasteiger partial charge in [-0.2, -0.15) is 5.10 Å². The predicted molar refractivity (Wildman–Crippen MR) is 97.7 cm³/mol. The van der Waals surface area contributed by atoms with Gasteiger partial charge in [0.15, 0.2) is 0 Å². The Bertz CT molecular complexity index is 728. The lowest BCUT2D eigenvalue weighted by Gasteiger charge is -2.33. The van der Waals surface area contributed by atoms with Gasteiger partial charge in [0, 0.05) is 25.8 Å². The number of benzene rings is 1. The second-order valence-corrected chi connectivity index (χ2v) is 6.45. The average molecular weight is 342 g/mol. The summed E-state index contributed by atoms with van der Waals surface area (Å²) in [6, 6.07) is 7.93. The van der Waals surface area contributed by atoms with Gasteiger partial charge < -0.3 is 9.64 Å². The van der Waals surface area contributed by atoms with E-state index in [0.29, 0.717) is 6.61 Å². The summed E-state index contributed by atoms with van der Waals surface area (Å²) < 4.78 is 7.30. The molecule has 2 atom stereocenters. The zero-order chi connectivity index (χ0) is 17.8. The molecule has 0 aliphatic carbocycles. The number of hydrogen-bond acceptors (Lipinski definition) is 4. The molecular formula is C19H26N4O2. The molecule has 1 aliphatic heterocycles. The molecule has 6 heteroatoms. The third-order valence-corrected chi connectivity index (χ3v) is 4.56. The second kappa shape index (κ2) is 7.70. The van der Waals surface area contributed by atoms with Gasteiger partial charge in [-0.05, 0) is 44.4 Å². The standard InChI is InChI=1S/C19H26N4O2/c1-4-25-17-8-5-7-15(11-17)14(2)21-18-9-6-10-23(19(18)24)16-12-20-22(3)13-16/h5,7-8,11-14,18,21H,4,6,9-10H2,1-3H3/t14-,18-/m1/s1. The summed E-state index contributed by atoms with van der Waals surface area (Å²) in [5.41, 5.74) is 1.99. The minimum absolute atomic E-state index is 0.0724. The van der Waals surface area contributed by atoms with Crippen LogP contribution in [0.15, 0.2) is 36.7 Å². The number of piperidine rings is 1. The molecule has 1 aromatic heterocycles. The molecule has 1 N–H and O–H groups in total. The fourth-order valence-corrected chi connectivity index (χ4v) is 3.27. The van der Waals surface area contributed by atoms with Crippen LogP contribution in [0.1, 0.15) is 38.3 Å². The van der Waals surface area contributed by atoms with Gasteiger partial charge in [-0.3, -0.25) is 14.8 Å². The van der Waals surface area contributed by atoms with Crippen molar-refractivity contribution < 1.29 is 9.53 Å². The van der Waals surface area contributed by atoms with Crippen LogP contribution in [0.4, 0.5) is 5.69 Å². The topological polar surface area (TPSA) is 59.4 Å². The third-order valence-electron chi connectivity index (χ3n) is 4.56. The van der Waals surface area contributed by atoms with Crippen molar-refractivity contribution in [2.75, 3.05) is 18.1 Å². The number of amides is 1. The van der Waals surface area contributed by atoms with Gasteiger partial charge in [0.1, 0.15) is 5.75 Å². The molecule has 1 aromatic carbocycles. The molecule has 0 bridgehead atoms. The summed E-state index contributed by atoms with van der Waals surface area (Å²) in [5, 5.41) is 7.66. The molecule has 0 unspecified atom stereocenters. The Balaban J connectivity index is 1.69. The number of rotatable bonds is 6. The first kappa shape index (κ1) is 17.5. The van der Waals surface area contributed by atoms with Crippen molar-refractivity contribution in [2.24, 2.45) is 7.05 Å². The van der Waals surface area contributed by atoms with Crippen molar-refractivity contribution in [3.05, 3.63) is 42.2 Å². The number of carbonyl (C=O) groups is 1. The maximum absolute atomic E-state index is 12.9. The van der Waals surface area contributed by atoms with Gasteiger partial charge >= 0.3 is 0 Å². The Morgan fingerprint density at radius 1 is 1.44 bits per heavy atom. The minimum atomic E-state index is -0.181. The number of nitrogens with one attached hydrogen (secondary N) is 1. The van der Waals surface area contributed by atoms with Crippen LogP contribution in [0.2, 0.25) is 0 Å². The lowest BCUT2D eigenvalue weighted by Crippen LogP contribution is -2.51. The van der Waals surface area contributed by atoms with Crippen LogP contribution in [0.25, 0.3) is 0 Å². The summed E-state index contributed by atoms with van der Waals surface area (Å²) in [4.78, 5) is 14.7. The Hall–Kier alpha value is -2.34. The summed E-state index contributed by atoms with van der Waals surface area (Å²) >= 11 is 0. The quantitative estimate of drug-likeness (QED) is 0.877. The number of aryl methyl sites for hydroxylation is 1. The molecule has 2 aromatic rings. The molecule has 1 aliphatic rings. The van der Waals surface area contributed by atoms with Crippen molar-refractivity contribution in [1.82, 2.24) is 15.1 Å². The predicted octanol–water partition coefficient (Wildman–Crippen LogP) is 2.67. The van der Waals surface area contributed by atoms with E-state index >= 15 is 0 Å². The highest BCUT2D eigenvalue weighted by Crippen LogP contribution is 2.24. The lowest BCUT2D eigenvalue weighted by molar-refractivity contribution is -0.122. The molecule has 3 rings (SSSR count). The van der Waals surface area contributed by atoms with Crippen molar-refractivity contribution in [3.8, 4) is 5.75 Å². The minimum Gasteiger partial charge on any atom is -0.494 e. The van der Waals surface area contributed by atoms with E-state index in [1.54, 1.807) is 10.9 Å². The van der Waals surface area contributed by atoms with Crippen LogP contribution in [-0.2, 0) is 11.8 Å². The van der Waals surface area contributed by atoms with Crippen LogP contribution >= 0.6 is 0 Å². The van der Waals surface area contributed by atoms with Gasteiger partial charge in [0.05, 0.1) is 24.5 Å². The number of carbonyl (C=O) groups excluding carboxylic acids is 1.